The van der Waals surface area contributed by atoms with Crippen molar-refractivity contribution in [2.24, 2.45) is 0 Å². The lowest BCUT2D eigenvalue weighted by atomic mass is 10.0. The average molecular weight is 284 g/mol. The summed E-state index contributed by atoms with van der Waals surface area (Å²) in [6, 6.07) is 1.55. The molecule has 6 heteroatoms. The van der Waals surface area contributed by atoms with Gasteiger partial charge in [0.05, 0.1) is 17.8 Å². The number of carbonyl (C=O) groups is 1. The number of amides is 1. The van der Waals surface area contributed by atoms with Crippen molar-refractivity contribution >= 4 is 11.6 Å². The maximum atomic E-state index is 13.8. The van der Waals surface area contributed by atoms with Crippen molar-refractivity contribution in [3.05, 3.63) is 29.3 Å². The van der Waals surface area contributed by atoms with Gasteiger partial charge in [0.2, 0.25) is 0 Å². The van der Waals surface area contributed by atoms with Crippen molar-refractivity contribution < 1.29 is 18.7 Å². The maximum absolute atomic E-state index is 13.8. The second-order valence-electron chi connectivity index (χ2n) is 5.11. The Bertz CT molecular complexity index is 508. The van der Waals surface area contributed by atoms with Gasteiger partial charge in [-0.1, -0.05) is 19.3 Å². The standard InChI is InChI=1S/C14H18F2N2O2/c15-8-6-7-9(17)13(16)12(8)14(20)18-10-4-2-1-3-5-11(10)19/h6-7,10-11,19H,1-5,17H2,(H,18,20). The van der Waals surface area contributed by atoms with E-state index in [1.54, 1.807) is 0 Å². The quantitative estimate of drug-likeness (QED) is 0.574. The van der Waals surface area contributed by atoms with Gasteiger partial charge < -0.3 is 16.2 Å². The minimum absolute atomic E-state index is 0.280. The number of carbonyl (C=O) groups excluding carboxylic acids is 1. The lowest BCUT2D eigenvalue weighted by molar-refractivity contribution is 0.0811. The SMILES string of the molecule is Nc1ccc(F)c(C(=O)NC2CCCCCC2O)c1F. The Labute approximate surface area is 116 Å². The van der Waals surface area contributed by atoms with E-state index in [1.807, 2.05) is 0 Å². The van der Waals surface area contributed by atoms with E-state index in [-0.39, 0.29) is 5.69 Å². The van der Waals surface area contributed by atoms with E-state index in [2.05, 4.69) is 5.32 Å². The Hall–Kier alpha value is -1.69. The molecule has 1 aliphatic carbocycles. The molecule has 0 aromatic heterocycles. The fraction of sp³-hybridized carbons (Fsp3) is 0.500. The van der Waals surface area contributed by atoms with Crippen LogP contribution in [0.25, 0.3) is 0 Å². The van der Waals surface area contributed by atoms with Crippen molar-refractivity contribution in [1.82, 2.24) is 5.32 Å². The van der Waals surface area contributed by atoms with E-state index in [1.165, 1.54) is 0 Å². The third-order valence-electron chi connectivity index (χ3n) is 3.64. The minimum Gasteiger partial charge on any atom is -0.396 e. The number of rotatable bonds is 2. The Morgan fingerprint density at radius 2 is 1.95 bits per heavy atom. The number of benzene rings is 1. The first-order chi connectivity index (χ1) is 9.50. The van der Waals surface area contributed by atoms with E-state index in [0.29, 0.717) is 12.8 Å². The molecule has 0 saturated heterocycles. The molecule has 1 amide bonds. The Morgan fingerprint density at radius 3 is 2.70 bits per heavy atom. The highest BCUT2D eigenvalue weighted by atomic mass is 19.1. The first kappa shape index (κ1) is 14.7. The van der Waals surface area contributed by atoms with Crippen molar-refractivity contribution in [2.75, 3.05) is 5.73 Å². The zero-order valence-electron chi connectivity index (χ0n) is 11.0. The number of halogens is 2. The van der Waals surface area contributed by atoms with E-state index in [0.717, 1.165) is 31.4 Å². The van der Waals surface area contributed by atoms with Crippen molar-refractivity contribution in [1.29, 1.82) is 0 Å². The van der Waals surface area contributed by atoms with Crippen molar-refractivity contribution in [2.45, 2.75) is 44.2 Å². The molecule has 4 nitrogen and oxygen atoms in total. The molecular formula is C14H18F2N2O2. The highest BCUT2D eigenvalue weighted by molar-refractivity contribution is 5.95. The maximum Gasteiger partial charge on any atom is 0.257 e. The van der Waals surface area contributed by atoms with Crippen LogP contribution in [0.1, 0.15) is 42.5 Å². The van der Waals surface area contributed by atoms with Crippen LogP contribution in [0, 0.1) is 11.6 Å². The highest BCUT2D eigenvalue weighted by Gasteiger charge is 2.26. The van der Waals surface area contributed by atoms with Crippen LogP contribution >= 0.6 is 0 Å². The Balaban J connectivity index is 2.17. The third kappa shape index (κ3) is 3.07. The van der Waals surface area contributed by atoms with Gasteiger partial charge in [-0.15, -0.1) is 0 Å². The van der Waals surface area contributed by atoms with Gasteiger partial charge >= 0.3 is 0 Å². The van der Waals surface area contributed by atoms with Crippen LogP contribution in [0.4, 0.5) is 14.5 Å². The van der Waals surface area contributed by atoms with E-state index in [4.69, 9.17) is 5.73 Å². The number of anilines is 1. The molecule has 1 aliphatic rings. The van der Waals surface area contributed by atoms with E-state index < -0.39 is 35.3 Å². The second kappa shape index (κ2) is 6.17. The molecule has 1 fully saturated rings. The summed E-state index contributed by atoms with van der Waals surface area (Å²) in [6.45, 7) is 0. The van der Waals surface area contributed by atoms with Gasteiger partial charge in [0, 0.05) is 0 Å². The number of nitrogens with two attached hydrogens (primary N) is 1. The summed E-state index contributed by atoms with van der Waals surface area (Å²) in [5.41, 5.74) is 4.37. The summed E-state index contributed by atoms with van der Waals surface area (Å²) in [7, 11) is 0. The zero-order valence-corrected chi connectivity index (χ0v) is 11.0. The summed E-state index contributed by atoms with van der Waals surface area (Å²) >= 11 is 0. The molecule has 110 valence electrons. The van der Waals surface area contributed by atoms with Gasteiger partial charge in [0.25, 0.3) is 5.91 Å². The highest BCUT2D eigenvalue weighted by Crippen LogP contribution is 2.21. The fourth-order valence-corrected chi connectivity index (χ4v) is 2.47. The van der Waals surface area contributed by atoms with Gasteiger partial charge in [-0.05, 0) is 25.0 Å². The lowest BCUT2D eigenvalue weighted by Crippen LogP contribution is -2.43. The van der Waals surface area contributed by atoms with Gasteiger partial charge in [-0.3, -0.25) is 4.79 Å². The third-order valence-corrected chi connectivity index (χ3v) is 3.64. The summed E-state index contributed by atoms with van der Waals surface area (Å²) in [6.07, 6.45) is 3.21. The van der Waals surface area contributed by atoms with Crippen LogP contribution in [0.15, 0.2) is 12.1 Å². The Kier molecular flexibility index (Phi) is 4.54. The topological polar surface area (TPSA) is 75.4 Å². The largest absolute Gasteiger partial charge is 0.396 e. The van der Waals surface area contributed by atoms with Crippen LogP contribution in [0.2, 0.25) is 0 Å². The second-order valence-corrected chi connectivity index (χ2v) is 5.11. The molecule has 0 bridgehead atoms. The molecule has 4 N–H and O–H groups in total. The minimum atomic E-state index is -1.06. The van der Waals surface area contributed by atoms with E-state index in [9.17, 15) is 18.7 Å². The lowest BCUT2D eigenvalue weighted by Gasteiger charge is -2.22. The number of hydrogen-bond acceptors (Lipinski definition) is 3. The summed E-state index contributed by atoms with van der Waals surface area (Å²) in [5, 5.41) is 12.4. The number of nitrogen functional groups attached to an aromatic ring is 1. The summed E-state index contributed by atoms with van der Waals surface area (Å²) in [5.74, 6) is -2.90. The molecule has 20 heavy (non-hydrogen) atoms. The normalized spacial score (nSPS) is 23.1. The predicted molar refractivity (Wildman–Crippen MR) is 71.1 cm³/mol. The number of aliphatic hydroxyl groups is 1. The molecule has 1 aromatic rings. The molecule has 1 aromatic carbocycles. The van der Waals surface area contributed by atoms with Gasteiger partial charge in [0.1, 0.15) is 11.4 Å². The van der Waals surface area contributed by atoms with Crippen LogP contribution in [0.3, 0.4) is 0 Å². The van der Waals surface area contributed by atoms with Crippen molar-refractivity contribution in [3.63, 3.8) is 0 Å². The molecule has 2 rings (SSSR count). The van der Waals surface area contributed by atoms with Gasteiger partial charge in [0.15, 0.2) is 5.82 Å². The van der Waals surface area contributed by atoms with E-state index >= 15 is 0 Å². The molecule has 0 aliphatic heterocycles. The number of nitrogens with one attached hydrogen (secondary N) is 1. The molecule has 0 heterocycles. The molecule has 0 spiro atoms. The first-order valence-corrected chi connectivity index (χ1v) is 6.73. The fourth-order valence-electron chi connectivity index (χ4n) is 2.47. The number of hydrogen-bond donors (Lipinski definition) is 3. The molecule has 2 atom stereocenters. The van der Waals surface area contributed by atoms with Gasteiger partial charge in [-0.2, -0.15) is 0 Å². The van der Waals surface area contributed by atoms with Crippen LogP contribution in [-0.2, 0) is 0 Å². The average Bonchev–Trinajstić information content (AvgIpc) is 2.60. The first-order valence-electron chi connectivity index (χ1n) is 6.73. The molecule has 2 unspecified atom stereocenters. The molecule has 0 radical (unpaired) electrons. The smallest absolute Gasteiger partial charge is 0.257 e. The zero-order chi connectivity index (χ0) is 14.7. The van der Waals surface area contributed by atoms with Crippen molar-refractivity contribution in [3.8, 4) is 0 Å². The monoisotopic (exact) mass is 284 g/mol. The van der Waals surface area contributed by atoms with Crippen LogP contribution < -0.4 is 11.1 Å². The van der Waals surface area contributed by atoms with Crippen LogP contribution in [-0.4, -0.2) is 23.2 Å². The van der Waals surface area contributed by atoms with Crippen LogP contribution in [0.5, 0.6) is 0 Å². The summed E-state index contributed by atoms with van der Waals surface area (Å²) < 4.78 is 27.3. The Morgan fingerprint density at radius 1 is 1.25 bits per heavy atom. The summed E-state index contributed by atoms with van der Waals surface area (Å²) in [4.78, 5) is 12.0. The molecular weight excluding hydrogens is 266 g/mol. The molecule has 1 saturated carbocycles. The van der Waals surface area contributed by atoms with Gasteiger partial charge in [-0.25, -0.2) is 8.78 Å². The number of aliphatic hydroxyl groups excluding tert-OH is 1. The predicted octanol–water partition coefficient (Wildman–Crippen LogP) is 1.97.